The monoisotopic (exact) mass is 672 g/mol. The number of anilines is 4. The molecule has 2 amide bonds. The fourth-order valence-electron chi connectivity index (χ4n) is 6.83. The highest BCUT2D eigenvalue weighted by atomic mass is 35.5. The van der Waals surface area contributed by atoms with Gasteiger partial charge in [-0.05, 0) is 72.5 Å². The number of halogens is 2. The fourth-order valence-corrected chi connectivity index (χ4v) is 7.12. The number of benzene rings is 3. The van der Waals surface area contributed by atoms with Crippen LogP contribution >= 0.6 is 23.2 Å². The van der Waals surface area contributed by atoms with E-state index in [4.69, 9.17) is 32.7 Å². The number of para-hydroxylation sites is 1. The smallest absolute Gasteiger partial charge is 0.323 e. The van der Waals surface area contributed by atoms with Crippen molar-refractivity contribution in [1.82, 2.24) is 15.6 Å². The Morgan fingerprint density at radius 2 is 1.36 bits per heavy atom. The molecule has 0 aliphatic carbocycles. The molecule has 0 radical (unpaired) electrons. The Labute approximate surface area is 284 Å². The molecule has 244 valence electrons. The molecule has 4 atom stereocenters. The van der Waals surface area contributed by atoms with Gasteiger partial charge in [0.2, 0.25) is 0 Å². The van der Waals surface area contributed by atoms with Crippen molar-refractivity contribution in [3.05, 3.63) is 112 Å². The van der Waals surface area contributed by atoms with Crippen LogP contribution in [0.4, 0.5) is 27.7 Å². The van der Waals surface area contributed by atoms with Crippen molar-refractivity contribution >= 4 is 52.1 Å². The Morgan fingerprint density at radius 3 is 1.85 bits per heavy atom. The third-order valence-electron chi connectivity index (χ3n) is 9.18. The maximum Gasteiger partial charge on any atom is 0.323 e. The van der Waals surface area contributed by atoms with Crippen LogP contribution in [0.25, 0.3) is 0 Å². The zero-order valence-electron chi connectivity index (χ0n) is 25.9. The molecule has 4 aliphatic rings. The molecule has 3 aromatic carbocycles. The van der Waals surface area contributed by atoms with Gasteiger partial charge in [0.15, 0.2) is 0 Å². The van der Waals surface area contributed by atoms with Gasteiger partial charge < -0.3 is 36.1 Å². The topological polar surface area (TPSA) is 109 Å². The van der Waals surface area contributed by atoms with Gasteiger partial charge in [-0.1, -0.05) is 59.6 Å². The van der Waals surface area contributed by atoms with Gasteiger partial charge in [0.1, 0.15) is 5.82 Å². The van der Waals surface area contributed by atoms with Crippen LogP contribution in [0, 0.1) is 0 Å². The number of morpholine rings is 2. The Balaban J connectivity index is 0.000000151. The Bertz CT molecular complexity index is 1670. The Hall–Kier alpha value is -3.70. The maximum absolute atomic E-state index is 12.1. The predicted octanol–water partition coefficient (Wildman–Crippen LogP) is 6.81. The summed E-state index contributed by atoms with van der Waals surface area (Å²) in [5.41, 5.74) is 4.81. The summed E-state index contributed by atoms with van der Waals surface area (Å²) >= 11 is 11.9. The lowest BCUT2D eigenvalue weighted by Crippen LogP contribution is -2.40. The largest absolute Gasteiger partial charge is 0.372 e. The second-order valence-electron chi connectivity index (χ2n) is 12.8. The minimum absolute atomic E-state index is 0.0113. The number of carbonyl (C=O) groups excluding carboxylic acids is 1. The number of hydrogen-bond donors (Lipinski definition) is 5. The van der Waals surface area contributed by atoms with Gasteiger partial charge >= 0.3 is 6.03 Å². The zero-order valence-corrected chi connectivity index (χ0v) is 27.4. The molecule has 1 aromatic heterocycles. The molecule has 47 heavy (non-hydrogen) atoms. The van der Waals surface area contributed by atoms with Crippen molar-refractivity contribution in [1.29, 1.82) is 0 Å². The fraction of sp³-hybridized carbons (Fsp3) is 0.333. The van der Waals surface area contributed by atoms with E-state index in [1.54, 1.807) is 18.3 Å². The summed E-state index contributed by atoms with van der Waals surface area (Å²) in [6, 6.07) is 27.9. The highest BCUT2D eigenvalue weighted by Crippen LogP contribution is 2.35. The van der Waals surface area contributed by atoms with Crippen LogP contribution in [0.2, 0.25) is 10.0 Å². The average Bonchev–Trinajstić information content (AvgIpc) is 3.88. The summed E-state index contributed by atoms with van der Waals surface area (Å²) in [4.78, 5) is 16.3. The number of ether oxygens (including phenoxy) is 2. The van der Waals surface area contributed by atoms with Gasteiger partial charge in [0.25, 0.3) is 0 Å². The van der Waals surface area contributed by atoms with Crippen molar-refractivity contribution in [2.24, 2.45) is 0 Å². The number of urea groups is 1. The maximum atomic E-state index is 12.1. The summed E-state index contributed by atoms with van der Waals surface area (Å²) in [5, 5.41) is 17.0. The van der Waals surface area contributed by atoms with E-state index in [-0.39, 0.29) is 17.2 Å². The summed E-state index contributed by atoms with van der Waals surface area (Å²) in [6.45, 7) is 3.54. The van der Waals surface area contributed by atoms with Crippen molar-refractivity contribution in [2.75, 3.05) is 42.3 Å². The number of hydrogen-bond acceptors (Lipinski definition) is 7. The second kappa shape index (κ2) is 13.8. The number of carbonyl (C=O) groups is 1. The van der Waals surface area contributed by atoms with Crippen molar-refractivity contribution in [3.8, 4) is 0 Å². The zero-order chi connectivity index (χ0) is 32.3. The summed E-state index contributed by atoms with van der Waals surface area (Å²) in [5.74, 6) is 0.790. The van der Waals surface area contributed by atoms with E-state index >= 15 is 0 Å². The molecular weight excluding hydrogens is 635 g/mol. The average molecular weight is 674 g/mol. The molecule has 4 fully saturated rings. The Morgan fingerprint density at radius 1 is 0.766 bits per heavy atom. The normalized spacial score (nSPS) is 25.2. The number of rotatable bonds is 8. The van der Waals surface area contributed by atoms with Gasteiger partial charge in [-0.3, -0.25) is 0 Å². The first-order chi connectivity index (χ1) is 22.8. The first-order valence-corrected chi connectivity index (χ1v) is 16.7. The van der Waals surface area contributed by atoms with E-state index in [2.05, 4.69) is 55.8 Å². The standard InChI is InChI=1S/C19H20ClN3O2.C17H18ClN3O/c20-16-3-1-2-4-17(16)23-18(24)22-14-7-5-13(6-8-14)9-19-10-15(11-25-19)21-12-19;18-13-3-6-16(19-9-13)21-14-4-1-12(2-5-14)7-17-8-15(10-22-17)20-11-17/h1-8,15,21H,9-12H2,(H2,22,23,24);1-6,9,15,20H,7-8,10-11H2,(H,19,21)/t15-,19-;15-,17-/m11/s1. The summed E-state index contributed by atoms with van der Waals surface area (Å²) < 4.78 is 11.9. The van der Waals surface area contributed by atoms with E-state index in [0.29, 0.717) is 27.8 Å². The summed E-state index contributed by atoms with van der Waals surface area (Å²) in [7, 11) is 0. The van der Waals surface area contributed by atoms with E-state index in [9.17, 15) is 4.79 Å². The first-order valence-electron chi connectivity index (χ1n) is 16.0. The molecule has 5 heterocycles. The molecule has 0 unspecified atom stereocenters. The number of fused-ring (bicyclic) bond motifs is 4. The van der Waals surface area contributed by atoms with Crippen LogP contribution in [0.15, 0.2) is 91.1 Å². The van der Waals surface area contributed by atoms with Crippen molar-refractivity contribution in [3.63, 3.8) is 0 Å². The number of pyridine rings is 1. The molecule has 0 saturated carbocycles. The first kappa shape index (κ1) is 31.9. The number of nitrogens with zero attached hydrogens (tertiary/aromatic N) is 1. The number of aromatic nitrogens is 1. The van der Waals surface area contributed by atoms with E-state index in [0.717, 1.165) is 69.2 Å². The van der Waals surface area contributed by atoms with Crippen LogP contribution in [0.5, 0.6) is 0 Å². The second-order valence-corrected chi connectivity index (χ2v) is 13.7. The van der Waals surface area contributed by atoms with Gasteiger partial charge in [-0.25, -0.2) is 9.78 Å². The van der Waals surface area contributed by atoms with Crippen LogP contribution in [0.3, 0.4) is 0 Å². The number of nitrogens with one attached hydrogen (secondary N) is 5. The minimum Gasteiger partial charge on any atom is -0.372 e. The lowest BCUT2D eigenvalue weighted by Gasteiger charge is -2.26. The van der Waals surface area contributed by atoms with Gasteiger partial charge in [0, 0.05) is 55.6 Å². The highest BCUT2D eigenvalue weighted by Gasteiger charge is 2.46. The predicted molar refractivity (Wildman–Crippen MR) is 187 cm³/mol. The lowest BCUT2D eigenvalue weighted by atomic mass is 9.93. The van der Waals surface area contributed by atoms with Crippen molar-refractivity contribution in [2.45, 2.75) is 49.0 Å². The molecule has 4 aliphatic heterocycles. The SMILES string of the molecule is Clc1ccc(Nc2ccc(C[C@@]34CN[C@@H](CO3)C4)cc2)nc1.O=C(Nc1ccc(C[C@@]23CN[C@@H](CO2)C3)cc1)Nc1ccccc1Cl. The molecule has 11 heteroatoms. The van der Waals surface area contributed by atoms with Gasteiger partial charge in [0.05, 0.1) is 40.1 Å². The molecular formula is C36H38Cl2N6O3. The number of amides is 2. The van der Waals surface area contributed by atoms with Crippen LogP contribution in [-0.2, 0) is 22.3 Å². The van der Waals surface area contributed by atoms with Gasteiger partial charge in [-0.2, -0.15) is 0 Å². The molecule has 5 N–H and O–H groups in total. The molecule has 9 nitrogen and oxygen atoms in total. The summed E-state index contributed by atoms with van der Waals surface area (Å²) in [6.07, 6.45) is 5.70. The molecule has 4 bridgehead atoms. The van der Waals surface area contributed by atoms with Crippen LogP contribution in [-0.4, -0.2) is 60.6 Å². The van der Waals surface area contributed by atoms with E-state index < -0.39 is 0 Å². The van der Waals surface area contributed by atoms with Crippen LogP contribution < -0.4 is 26.6 Å². The minimum atomic E-state index is -0.318. The van der Waals surface area contributed by atoms with Gasteiger partial charge in [-0.15, -0.1) is 0 Å². The quantitative estimate of drug-likeness (QED) is 0.140. The molecule has 4 saturated heterocycles. The third-order valence-corrected chi connectivity index (χ3v) is 9.74. The van der Waals surface area contributed by atoms with Crippen molar-refractivity contribution < 1.29 is 14.3 Å². The van der Waals surface area contributed by atoms with Crippen LogP contribution in [0.1, 0.15) is 24.0 Å². The Kier molecular flexibility index (Phi) is 9.36. The molecule has 4 aromatic rings. The van der Waals surface area contributed by atoms with E-state index in [1.807, 2.05) is 48.5 Å². The molecule has 8 rings (SSSR count). The third kappa shape index (κ3) is 7.89. The molecule has 0 spiro atoms. The highest BCUT2D eigenvalue weighted by molar-refractivity contribution is 6.33. The lowest BCUT2D eigenvalue weighted by molar-refractivity contribution is -0.00541. The van der Waals surface area contributed by atoms with E-state index in [1.165, 1.54) is 11.1 Å².